The molecule has 0 aromatic heterocycles. The van der Waals surface area contributed by atoms with Crippen molar-refractivity contribution in [2.45, 2.75) is 83.0 Å². The van der Waals surface area contributed by atoms with Gasteiger partial charge in [-0.1, -0.05) is 6.42 Å². The van der Waals surface area contributed by atoms with E-state index < -0.39 is 0 Å². The van der Waals surface area contributed by atoms with Crippen LogP contribution in [0.1, 0.15) is 58.8 Å². The van der Waals surface area contributed by atoms with Gasteiger partial charge in [-0.25, -0.2) is 0 Å². The molecule has 0 radical (unpaired) electrons. The first-order valence-electron chi connectivity index (χ1n) is 8.25. The van der Waals surface area contributed by atoms with Crippen LogP contribution in [0, 0.1) is 0 Å². The lowest BCUT2D eigenvalue weighted by Gasteiger charge is -2.49. The molecule has 3 heteroatoms. The average Bonchev–Trinajstić information content (AvgIpc) is 2.37. The fourth-order valence-corrected chi connectivity index (χ4v) is 3.79. The Bertz CT molecular complexity index is 243. The van der Waals surface area contributed by atoms with Gasteiger partial charge in [-0.15, -0.1) is 0 Å². The second-order valence-corrected chi connectivity index (χ2v) is 6.56. The summed E-state index contributed by atoms with van der Waals surface area (Å²) in [6.07, 6.45) is 9.87. The fraction of sp³-hybridized carbons (Fsp3) is 1.00. The monoisotopic (exact) mass is 268 g/mol. The molecule has 0 aliphatic carbocycles. The van der Waals surface area contributed by atoms with Gasteiger partial charge >= 0.3 is 0 Å². The Hall–Kier alpha value is -0.120. The van der Waals surface area contributed by atoms with Gasteiger partial charge in [0.05, 0.1) is 6.10 Å². The zero-order chi connectivity index (χ0) is 13.7. The highest BCUT2D eigenvalue weighted by molar-refractivity contribution is 4.94. The molecule has 2 atom stereocenters. The Morgan fingerprint density at radius 1 is 1.16 bits per heavy atom. The van der Waals surface area contributed by atoms with E-state index >= 15 is 0 Å². The van der Waals surface area contributed by atoms with Crippen molar-refractivity contribution in [3.8, 4) is 0 Å². The quantitative estimate of drug-likeness (QED) is 0.719. The Labute approximate surface area is 119 Å². The van der Waals surface area contributed by atoms with Gasteiger partial charge in [-0.3, -0.25) is 4.90 Å². The van der Waals surface area contributed by atoms with Crippen molar-refractivity contribution in [2.24, 2.45) is 0 Å². The van der Waals surface area contributed by atoms with E-state index in [9.17, 15) is 0 Å². The van der Waals surface area contributed by atoms with E-state index in [0.717, 1.165) is 24.7 Å². The molecule has 2 aliphatic rings. The molecule has 112 valence electrons. The smallest absolute Gasteiger partial charge is 0.0518 e. The topological polar surface area (TPSA) is 24.5 Å². The zero-order valence-electron chi connectivity index (χ0n) is 13.0. The van der Waals surface area contributed by atoms with E-state index in [0.29, 0.717) is 6.10 Å². The maximum absolute atomic E-state index is 5.63. The van der Waals surface area contributed by atoms with Crippen LogP contribution in [0.4, 0.5) is 0 Å². The number of unbranched alkanes of at least 4 members (excludes halogenated alkanes) is 1. The van der Waals surface area contributed by atoms with Crippen molar-refractivity contribution in [2.75, 3.05) is 20.2 Å². The Morgan fingerprint density at radius 3 is 2.42 bits per heavy atom. The number of hydrogen-bond donors (Lipinski definition) is 1. The van der Waals surface area contributed by atoms with E-state index in [4.69, 9.17) is 4.74 Å². The predicted molar refractivity (Wildman–Crippen MR) is 80.5 cm³/mol. The van der Waals surface area contributed by atoms with E-state index in [1.807, 2.05) is 0 Å². The molecule has 0 saturated carbocycles. The minimum absolute atomic E-state index is 0.380. The van der Waals surface area contributed by atoms with Gasteiger partial charge in [0.25, 0.3) is 0 Å². The molecule has 0 amide bonds. The normalized spacial score (nSPS) is 31.9. The summed E-state index contributed by atoms with van der Waals surface area (Å²) >= 11 is 0. The summed E-state index contributed by atoms with van der Waals surface area (Å²) in [4.78, 5) is 2.81. The number of ether oxygens (including phenoxy) is 1. The van der Waals surface area contributed by atoms with Gasteiger partial charge in [0.15, 0.2) is 0 Å². The van der Waals surface area contributed by atoms with Gasteiger partial charge in [0, 0.05) is 24.7 Å². The van der Waals surface area contributed by atoms with Crippen LogP contribution in [0.3, 0.4) is 0 Å². The highest BCUT2D eigenvalue weighted by Crippen LogP contribution is 2.34. The maximum atomic E-state index is 5.63. The van der Waals surface area contributed by atoms with Gasteiger partial charge in [-0.05, 0) is 66.0 Å². The SMILES string of the molecule is CNC1CC2CCCC(C1)N2CCCCOC(C)C. The molecule has 2 fully saturated rings. The molecule has 2 saturated heterocycles. The van der Waals surface area contributed by atoms with E-state index in [1.54, 1.807) is 0 Å². The van der Waals surface area contributed by atoms with E-state index in [1.165, 1.54) is 51.5 Å². The summed E-state index contributed by atoms with van der Waals surface area (Å²) < 4.78 is 5.63. The molecule has 2 rings (SSSR count). The molecule has 0 aromatic rings. The van der Waals surface area contributed by atoms with Crippen LogP contribution in [0.5, 0.6) is 0 Å². The summed E-state index contributed by atoms with van der Waals surface area (Å²) in [5.41, 5.74) is 0. The molecule has 2 bridgehead atoms. The highest BCUT2D eigenvalue weighted by atomic mass is 16.5. The zero-order valence-corrected chi connectivity index (χ0v) is 13.0. The average molecular weight is 268 g/mol. The molecular formula is C16H32N2O. The summed E-state index contributed by atoms with van der Waals surface area (Å²) in [5, 5.41) is 3.50. The van der Waals surface area contributed by atoms with Crippen LogP contribution in [0.2, 0.25) is 0 Å². The number of hydrogen-bond acceptors (Lipinski definition) is 3. The Morgan fingerprint density at radius 2 is 1.84 bits per heavy atom. The van der Waals surface area contributed by atoms with Gasteiger partial charge < -0.3 is 10.1 Å². The molecule has 2 aliphatic heterocycles. The Balaban J connectivity index is 1.71. The largest absolute Gasteiger partial charge is 0.379 e. The van der Waals surface area contributed by atoms with E-state index in [2.05, 4.69) is 31.1 Å². The maximum Gasteiger partial charge on any atom is 0.0518 e. The molecule has 0 aromatic carbocycles. The van der Waals surface area contributed by atoms with Crippen molar-refractivity contribution in [3.63, 3.8) is 0 Å². The summed E-state index contributed by atoms with van der Waals surface area (Å²) in [6, 6.07) is 2.45. The van der Waals surface area contributed by atoms with Crippen molar-refractivity contribution >= 4 is 0 Å². The van der Waals surface area contributed by atoms with Crippen molar-refractivity contribution in [1.82, 2.24) is 10.2 Å². The molecule has 0 spiro atoms. The van der Waals surface area contributed by atoms with Gasteiger partial charge in [0.1, 0.15) is 0 Å². The van der Waals surface area contributed by atoms with Crippen LogP contribution in [0.15, 0.2) is 0 Å². The fourth-order valence-electron chi connectivity index (χ4n) is 3.79. The third-order valence-electron chi connectivity index (χ3n) is 4.80. The number of nitrogens with one attached hydrogen (secondary N) is 1. The lowest BCUT2D eigenvalue weighted by molar-refractivity contribution is 0.0203. The van der Waals surface area contributed by atoms with E-state index in [-0.39, 0.29) is 0 Å². The first-order valence-corrected chi connectivity index (χ1v) is 8.25. The number of piperidine rings is 2. The number of fused-ring (bicyclic) bond motifs is 2. The molecule has 3 nitrogen and oxygen atoms in total. The predicted octanol–water partition coefficient (Wildman–Crippen LogP) is 2.80. The second kappa shape index (κ2) is 7.61. The molecule has 2 unspecified atom stereocenters. The van der Waals surface area contributed by atoms with Crippen LogP contribution in [0.25, 0.3) is 0 Å². The number of nitrogens with zero attached hydrogens (tertiary/aromatic N) is 1. The summed E-state index contributed by atoms with van der Waals surface area (Å²) in [6.45, 7) is 6.45. The van der Waals surface area contributed by atoms with Crippen LogP contribution in [-0.4, -0.2) is 49.3 Å². The summed E-state index contributed by atoms with van der Waals surface area (Å²) in [5.74, 6) is 0. The second-order valence-electron chi connectivity index (χ2n) is 6.56. The lowest BCUT2D eigenvalue weighted by atomic mass is 9.81. The van der Waals surface area contributed by atoms with Crippen molar-refractivity contribution in [1.29, 1.82) is 0 Å². The van der Waals surface area contributed by atoms with Crippen LogP contribution >= 0.6 is 0 Å². The molecule has 2 heterocycles. The first kappa shape index (κ1) is 15.3. The highest BCUT2D eigenvalue weighted by Gasteiger charge is 2.36. The molecule has 1 N–H and O–H groups in total. The minimum Gasteiger partial charge on any atom is -0.379 e. The minimum atomic E-state index is 0.380. The number of rotatable bonds is 7. The first-order chi connectivity index (χ1) is 9.20. The Kier molecular flexibility index (Phi) is 6.11. The molecule has 19 heavy (non-hydrogen) atoms. The van der Waals surface area contributed by atoms with Gasteiger partial charge in [0.2, 0.25) is 0 Å². The lowest BCUT2D eigenvalue weighted by Crippen LogP contribution is -2.55. The third kappa shape index (κ3) is 4.44. The summed E-state index contributed by atoms with van der Waals surface area (Å²) in [7, 11) is 2.12. The molecular weight excluding hydrogens is 236 g/mol. The standard InChI is InChI=1S/C16H32N2O/c1-13(2)19-10-5-4-9-18-15-7-6-8-16(18)12-14(11-15)17-3/h13-17H,4-12H2,1-3H3. The van der Waals surface area contributed by atoms with Crippen molar-refractivity contribution in [3.05, 3.63) is 0 Å². The van der Waals surface area contributed by atoms with Gasteiger partial charge in [-0.2, -0.15) is 0 Å². The third-order valence-corrected chi connectivity index (χ3v) is 4.80. The van der Waals surface area contributed by atoms with Crippen LogP contribution < -0.4 is 5.32 Å². The van der Waals surface area contributed by atoms with Crippen LogP contribution in [-0.2, 0) is 4.74 Å². The van der Waals surface area contributed by atoms with Crippen molar-refractivity contribution < 1.29 is 4.74 Å².